The summed E-state index contributed by atoms with van der Waals surface area (Å²) in [5.74, 6) is 0.361. The Morgan fingerprint density at radius 1 is 1.14 bits per heavy atom. The van der Waals surface area contributed by atoms with Gasteiger partial charge in [0.15, 0.2) is 0 Å². The van der Waals surface area contributed by atoms with Crippen LogP contribution in [-0.4, -0.2) is 53.2 Å². The third-order valence-corrected chi connectivity index (χ3v) is 5.26. The monoisotopic (exact) mass is 288 g/mol. The summed E-state index contributed by atoms with van der Waals surface area (Å²) in [6.45, 7) is 7.53. The van der Waals surface area contributed by atoms with Crippen LogP contribution in [-0.2, 0) is 6.42 Å². The minimum atomic E-state index is 0.361. The van der Waals surface area contributed by atoms with Crippen molar-refractivity contribution < 1.29 is 5.11 Å². The maximum atomic E-state index is 9.33. The molecule has 2 heterocycles. The first-order valence-corrected chi connectivity index (χ1v) is 8.48. The number of phenols is 1. The van der Waals surface area contributed by atoms with Gasteiger partial charge >= 0.3 is 0 Å². The Balaban J connectivity index is 1.45. The minimum absolute atomic E-state index is 0.361. The third-order valence-electron chi connectivity index (χ3n) is 5.26. The lowest BCUT2D eigenvalue weighted by molar-refractivity contribution is 0.202. The van der Waals surface area contributed by atoms with E-state index in [9.17, 15) is 5.11 Å². The van der Waals surface area contributed by atoms with Gasteiger partial charge in [-0.2, -0.15) is 0 Å². The van der Waals surface area contributed by atoms with Crippen molar-refractivity contribution in [2.75, 3.05) is 26.2 Å². The number of benzene rings is 1. The van der Waals surface area contributed by atoms with Gasteiger partial charge in [0, 0.05) is 25.2 Å². The van der Waals surface area contributed by atoms with Crippen LogP contribution in [0.1, 0.15) is 38.2 Å². The molecule has 3 rings (SSSR count). The van der Waals surface area contributed by atoms with Gasteiger partial charge in [0.1, 0.15) is 5.75 Å². The van der Waals surface area contributed by atoms with Gasteiger partial charge < -0.3 is 5.11 Å². The molecular formula is C18H28N2O. The minimum Gasteiger partial charge on any atom is -0.508 e. The fourth-order valence-corrected chi connectivity index (χ4v) is 3.79. The van der Waals surface area contributed by atoms with Crippen LogP contribution in [0.15, 0.2) is 24.3 Å². The maximum absolute atomic E-state index is 9.33. The van der Waals surface area contributed by atoms with E-state index in [0.29, 0.717) is 11.8 Å². The summed E-state index contributed by atoms with van der Waals surface area (Å²) in [6, 6.07) is 9.13. The van der Waals surface area contributed by atoms with Gasteiger partial charge in [0.2, 0.25) is 0 Å². The number of aryl methyl sites for hydroxylation is 1. The summed E-state index contributed by atoms with van der Waals surface area (Å²) >= 11 is 0. The molecule has 0 radical (unpaired) electrons. The highest BCUT2D eigenvalue weighted by Crippen LogP contribution is 2.23. The molecule has 0 bridgehead atoms. The van der Waals surface area contributed by atoms with Gasteiger partial charge in [0.05, 0.1) is 0 Å². The summed E-state index contributed by atoms with van der Waals surface area (Å²) in [5, 5.41) is 9.33. The second-order valence-electron chi connectivity index (χ2n) is 6.73. The first kappa shape index (κ1) is 14.9. The van der Waals surface area contributed by atoms with Crippen molar-refractivity contribution in [2.45, 2.75) is 51.1 Å². The van der Waals surface area contributed by atoms with E-state index < -0.39 is 0 Å². The van der Waals surface area contributed by atoms with Crippen molar-refractivity contribution in [3.05, 3.63) is 29.8 Å². The average Bonchev–Trinajstić information content (AvgIpc) is 3.17. The third kappa shape index (κ3) is 3.78. The molecule has 0 aliphatic carbocycles. The van der Waals surface area contributed by atoms with E-state index >= 15 is 0 Å². The Kier molecular flexibility index (Phi) is 4.81. The molecule has 3 nitrogen and oxygen atoms in total. The smallest absolute Gasteiger partial charge is 0.115 e. The highest BCUT2D eigenvalue weighted by molar-refractivity contribution is 5.25. The zero-order valence-corrected chi connectivity index (χ0v) is 13.2. The number of likely N-dealkylation sites (tertiary alicyclic amines) is 2. The zero-order chi connectivity index (χ0) is 14.7. The van der Waals surface area contributed by atoms with Gasteiger partial charge in [-0.3, -0.25) is 9.80 Å². The number of hydrogen-bond acceptors (Lipinski definition) is 3. The Bertz CT molecular complexity index is 439. The lowest BCUT2D eigenvalue weighted by Crippen LogP contribution is -2.38. The first-order chi connectivity index (χ1) is 10.2. The number of nitrogens with zero attached hydrogens (tertiary/aromatic N) is 2. The lowest BCUT2D eigenvalue weighted by atomic mass is 10.1. The molecule has 2 saturated heterocycles. The standard InChI is InChI=1S/C18H28N2O/c1-15(4-5-16-6-8-18(21)9-7-16)20-13-10-17(14-20)19-11-2-3-12-19/h6-9,15,17,21H,2-5,10-14H2,1H3. The van der Waals surface area contributed by atoms with Crippen LogP contribution in [0, 0.1) is 0 Å². The summed E-state index contributed by atoms with van der Waals surface area (Å²) in [4.78, 5) is 5.37. The number of hydrogen-bond donors (Lipinski definition) is 1. The van der Waals surface area contributed by atoms with Gasteiger partial charge in [0.25, 0.3) is 0 Å². The Labute approximate surface area is 128 Å². The Morgan fingerprint density at radius 2 is 1.86 bits per heavy atom. The van der Waals surface area contributed by atoms with E-state index in [0.717, 1.165) is 12.5 Å². The number of phenolic OH excluding ortho intramolecular Hbond substituents is 1. The highest BCUT2D eigenvalue weighted by atomic mass is 16.3. The van der Waals surface area contributed by atoms with Crippen LogP contribution in [0.3, 0.4) is 0 Å². The fourth-order valence-electron chi connectivity index (χ4n) is 3.79. The molecule has 21 heavy (non-hydrogen) atoms. The maximum Gasteiger partial charge on any atom is 0.115 e. The predicted octanol–water partition coefficient (Wildman–Crippen LogP) is 2.88. The second-order valence-corrected chi connectivity index (χ2v) is 6.73. The molecule has 0 saturated carbocycles. The molecule has 0 amide bonds. The van der Waals surface area contributed by atoms with E-state index in [1.165, 1.54) is 57.4 Å². The topological polar surface area (TPSA) is 26.7 Å². The van der Waals surface area contributed by atoms with E-state index in [2.05, 4.69) is 16.7 Å². The molecule has 0 spiro atoms. The van der Waals surface area contributed by atoms with Crippen LogP contribution in [0.25, 0.3) is 0 Å². The summed E-state index contributed by atoms with van der Waals surface area (Å²) in [7, 11) is 0. The first-order valence-electron chi connectivity index (χ1n) is 8.48. The van der Waals surface area contributed by atoms with Crippen molar-refractivity contribution in [3.8, 4) is 5.75 Å². The average molecular weight is 288 g/mol. The van der Waals surface area contributed by atoms with Crippen LogP contribution in [0.2, 0.25) is 0 Å². The van der Waals surface area contributed by atoms with Gasteiger partial charge in [-0.25, -0.2) is 0 Å². The van der Waals surface area contributed by atoms with Gasteiger partial charge in [-0.1, -0.05) is 12.1 Å². The molecule has 2 aliphatic heterocycles. The van der Waals surface area contributed by atoms with Crippen molar-refractivity contribution in [1.29, 1.82) is 0 Å². The number of aromatic hydroxyl groups is 1. The molecule has 116 valence electrons. The molecule has 2 unspecified atom stereocenters. The van der Waals surface area contributed by atoms with E-state index in [1.807, 2.05) is 12.1 Å². The van der Waals surface area contributed by atoms with Crippen molar-refractivity contribution in [1.82, 2.24) is 9.80 Å². The molecule has 2 aliphatic rings. The largest absolute Gasteiger partial charge is 0.508 e. The van der Waals surface area contributed by atoms with Gasteiger partial charge in [-0.15, -0.1) is 0 Å². The molecule has 1 N–H and O–H groups in total. The molecular weight excluding hydrogens is 260 g/mol. The Morgan fingerprint density at radius 3 is 2.57 bits per heavy atom. The summed E-state index contributed by atoms with van der Waals surface area (Å²) in [6.07, 6.45) is 6.45. The Hall–Kier alpha value is -1.06. The fraction of sp³-hybridized carbons (Fsp3) is 0.667. The highest BCUT2D eigenvalue weighted by Gasteiger charge is 2.30. The number of rotatable bonds is 5. The van der Waals surface area contributed by atoms with Crippen LogP contribution in [0.5, 0.6) is 5.75 Å². The van der Waals surface area contributed by atoms with Crippen molar-refractivity contribution in [3.63, 3.8) is 0 Å². The quantitative estimate of drug-likeness (QED) is 0.902. The molecule has 0 aromatic heterocycles. The predicted molar refractivity (Wildman–Crippen MR) is 86.7 cm³/mol. The van der Waals surface area contributed by atoms with E-state index in [-0.39, 0.29) is 0 Å². The normalized spacial score (nSPS) is 25.5. The molecule has 3 heteroatoms. The second kappa shape index (κ2) is 6.80. The van der Waals surface area contributed by atoms with Crippen LogP contribution >= 0.6 is 0 Å². The molecule has 2 fully saturated rings. The van der Waals surface area contributed by atoms with Crippen LogP contribution in [0.4, 0.5) is 0 Å². The van der Waals surface area contributed by atoms with Crippen molar-refractivity contribution >= 4 is 0 Å². The zero-order valence-electron chi connectivity index (χ0n) is 13.2. The molecule has 1 aromatic rings. The summed E-state index contributed by atoms with van der Waals surface area (Å²) < 4.78 is 0. The lowest BCUT2D eigenvalue weighted by Gasteiger charge is -2.27. The van der Waals surface area contributed by atoms with E-state index in [1.54, 1.807) is 12.1 Å². The van der Waals surface area contributed by atoms with Gasteiger partial charge in [-0.05, 0) is 69.8 Å². The van der Waals surface area contributed by atoms with E-state index in [4.69, 9.17) is 0 Å². The summed E-state index contributed by atoms with van der Waals surface area (Å²) in [5.41, 5.74) is 1.33. The molecule has 1 aromatic carbocycles. The van der Waals surface area contributed by atoms with Crippen LogP contribution < -0.4 is 0 Å². The van der Waals surface area contributed by atoms with Crippen molar-refractivity contribution in [2.24, 2.45) is 0 Å². The SMILES string of the molecule is CC(CCc1ccc(O)cc1)N1CCC(N2CCCC2)C1. The molecule has 2 atom stereocenters.